The number of nitrogens with zero attached hydrogens (tertiary/aromatic N) is 1. The van der Waals surface area contributed by atoms with Crippen molar-refractivity contribution in [3.8, 4) is 0 Å². The van der Waals surface area contributed by atoms with Gasteiger partial charge in [0.1, 0.15) is 5.69 Å². The fourth-order valence-electron chi connectivity index (χ4n) is 1.50. The minimum absolute atomic E-state index is 0.0746. The minimum atomic E-state index is -1.66. The highest BCUT2D eigenvalue weighted by molar-refractivity contribution is 5.81. The smallest absolute Gasteiger partial charge is 0.197 e. The molecule has 0 radical (unpaired) electrons. The summed E-state index contributed by atoms with van der Waals surface area (Å²) in [5.41, 5.74) is 1.66. The van der Waals surface area contributed by atoms with Crippen LogP contribution in [0.15, 0.2) is 24.3 Å². The van der Waals surface area contributed by atoms with Crippen LogP contribution in [0.2, 0.25) is 0 Å². The maximum absolute atomic E-state index is 9.58. The summed E-state index contributed by atoms with van der Waals surface area (Å²) < 4.78 is 0.799. The van der Waals surface area contributed by atoms with Gasteiger partial charge in [-0.05, 0) is 24.6 Å². The number of benzene rings is 1. The molecule has 0 saturated carbocycles. The number of hydrogen-bond acceptors (Lipinski definition) is 3. The van der Waals surface area contributed by atoms with Gasteiger partial charge in [0.25, 0.3) is 0 Å². The topological polar surface area (TPSA) is 65.6 Å². The molecule has 1 aromatic carbocycles. The van der Waals surface area contributed by atoms with E-state index >= 15 is 0 Å². The van der Waals surface area contributed by atoms with Gasteiger partial charge in [-0.1, -0.05) is 12.1 Å². The molecule has 0 aliphatic carbocycles. The Balaban J connectivity index is 2.74. The number of aromatic nitrogens is 1. The van der Waals surface area contributed by atoms with E-state index in [9.17, 15) is 5.21 Å². The molecule has 4 nitrogen and oxygen atoms in total. The van der Waals surface area contributed by atoms with Crippen LogP contribution in [0.5, 0.6) is 0 Å². The van der Waals surface area contributed by atoms with Crippen molar-refractivity contribution in [3.63, 3.8) is 0 Å². The Morgan fingerprint density at radius 3 is 2.57 bits per heavy atom. The minimum Gasteiger partial charge on any atom is -0.428 e. The Labute approximate surface area is 80.6 Å². The molecule has 1 aromatic heterocycles. The molecule has 4 heteroatoms. The molecular formula is C10H11NO3. The predicted molar refractivity (Wildman–Crippen MR) is 51.0 cm³/mol. The largest absolute Gasteiger partial charge is 0.428 e. The highest BCUT2D eigenvalue weighted by Crippen LogP contribution is 2.22. The zero-order chi connectivity index (χ0) is 10.3. The molecule has 0 aliphatic rings. The number of aryl methyl sites for hydroxylation is 1. The van der Waals surface area contributed by atoms with Crippen LogP contribution in [0.1, 0.15) is 17.5 Å². The van der Waals surface area contributed by atoms with E-state index < -0.39 is 6.29 Å². The first-order chi connectivity index (χ1) is 6.59. The van der Waals surface area contributed by atoms with Gasteiger partial charge in [-0.2, -0.15) is 4.73 Å². The van der Waals surface area contributed by atoms with Gasteiger partial charge in [-0.3, -0.25) is 0 Å². The van der Waals surface area contributed by atoms with Crippen molar-refractivity contribution in [2.24, 2.45) is 0 Å². The van der Waals surface area contributed by atoms with E-state index in [2.05, 4.69) is 0 Å². The highest BCUT2D eigenvalue weighted by Gasteiger charge is 2.12. The van der Waals surface area contributed by atoms with Crippen molar-refractivity contribution in [1.82, 2.24) is 4.73 Å². The van der Waals surface area contributed by atoms with Gasteiger partial charge in [-0.25, -0.2) is 0 Å². The standard InChI is InChI=1S/C10H11NO3/c1-6-2-3-7-5-9(10(12)13)11(14)8(7)4-6/h2-5,10,12-14H,1H3. The van der Waals surface area contributed by atoms with Gasteiger partial charge in [0.15, 0.2) is 6.29 Å². The van der Waals surface area contributed by atoms with Gasteiger partial charge >= 0.3 is 0 Å². The van der Waals surface area contributed by atoms with E-state index in [4.69, 9.17) is 10.2 Å². The van der Waals surface area contributed by atoms with Crippen LogP contribution in [0.3, 0.4) is 0 Å². The monoisotopic (exact) mass is 193 g/mol. The third-order valence-electron chi connectivity index (χ3n) is 2.23. The van der Waals surface area contributed by atoms with E-state index in [0.717, 1.165) is 15.7 Å². The molecule has 14 heavy (non-hydrogen) atoms. The SMILES string of the molecule is Cc1ccc2cc(C(O)O)n(O)c2c1. The van der Waals surface area contributed by atoms with Crippen molar-refractivity contribution in [2.75, 3.05) is 0 Å². The van der Waals surface area contributed by atoms with Gasteiger partial charge < -0.3 is 15.4 Å². The molecule has 0 aliphatic heterocycles. The molecule has 0 bridgehead atoms. The van der Waals surface area contributed by atoms with Crippen molar-refractivity contribution in [2.45, 2.75) is 13.2 Å². The van der Waals surface area contributed by atoms with Crippen LogP contribution in [0.25, 0.3) is 10.9 Å². The summed E-state index contributed by atoms with van der Waals surface area (Å²) in [6.45, 7) is 1.90. The van der Waals surface area contributed by atoms with Crippen LogP contribution in [-0.2, 0) is 0 Å². The zero-order valence-corrected chi connectivity index (χ0v) is 7.68. The fraction of sp³-hybridized carbons (Fsp3) is 0.200. The second-order valence-electron chi connectivity index (χ2n) is 3.32. The van der Waals surface area contributed by atoms with Gasteiger partial charge in [0, 0.05) is 5.39 Å². The van der Waals surface area contributed by atoms with Crippen LogP contribution < -0.4 is 0 Å². The summed E-state index contributed by atoms with van der Waals surface area (Å²) in [6, 6.07) is 7.04. The number of aliphatic hydroxyl groups is 2. The maximum atomic E-state index is 9.58. The Morgan fingerprint density at radius 2 is 1.93 bits per heavy atom. The average molecular weight is 193 g/mol. The van der Waals surface area contributed by atoms with Crippen molar-refractivity contribution in [1.29, 1.82) is 0 Å². The van der Waals surface area contributed by atoms with Crippen molar-refractivity contribution in [3.05, 3.63) is 35.5 Å². The van der Waals surface area contributed by atoms with E-state index in [-0.39, 0.29) is 5.69 Å². The predicted octanol–water partition coefficient (Wildman–Crippen LogP) is 1.17. The summed E-state index contributed by atoms with van der Waals surface area (Å²) >= 11 is 0. The van der Waals surface area contributed by atoms with Crippen LogP contribution in [0, 0.1) is 6.92 Å². The van der Waals surface area contributed by atoms with Crippen LogP contribution in [-0.4, -0.2) is 20.2 Å². The van der Waals surface area contributed by atoms with E-state index in [1.807, 2.05) is 19.1 Å². The summed E-state index contributed by atoms with van der Waals surface area (Å²) in [4.78, 5) is 0. The number of hydrogen-bond donors (Lipinski definition) is 3. The van der Waals surface area contributed by atoms with Crippen LogP contribution >= 0.6 is 0 Å². The number of aliphatic hydroxyl groups excluding tert-OH is 1. The molecule has 0 unspecified atom stereocenters. The second kappa shape index (κ2) is 3.01. The normalized spacial score (nSPS) is 11.4. The van der Waals surface area contributed by atoms with Crippen LogP contribution in [0.4, 0.5) is 0 Å². The van der Waals surface area contributed by atoms with Crippen molar-refractivity contribution < 1.29 is 15.4 Å². The molecule has 74 valence electrons. The molecule has 0 amide bonds. The quantitative estimate of drug-likeness (QED) is 0.470. The summed E-state index contributed by atoms with van der Waals surface area (Å²) in [7, 11) is 0. The fourth-order valence-corrected chi connectivity index (χ4v) is 1.50. The van der Waals surface area contributed by atoms with Crippen molar-refractivity contribution >= 4 is 10.9 Å². The summed E-state index contributed by atoms with van der Waals surface area (Å²) in [5, 5.41) is 28.3. The number of rotatable bonds is 1. The second-order valence-corrected chi connectivity index (χ2v) is 3.32. The lowest BCUT2D eigenvalue weighted by molar-refractivity contribution is -0.0571. The van der Waals surface area contributed by atoms with Gasteiger partial charge in [-0.15, -0.1) is 0 Å². The molecular weight excluding hydrogens is 182 g/mol. The molecule has 0 atom stereocenters. The molecule has 0 saturated heterocycles. The lowest BCUT2D eigenvalue weighted by Crippen LogP contribution is -2.03. The first kappa shape index (κ1) is 9.05. The zero-order valence-electron chi connectivity index (χ0n) is 7.68. The molecule has 3 N–H and O–H groups in total. The van der Waals surface area contributed by atoms with E-state index in [1.54, 1.807) is 12.1 Å². The molecule has 2 aromatic rings. The van der Waals surface area contributed by atoms with E-state index in [1.165, 1.54) is 0 Å². The first-order valence-corrected chi connectivity index (χ1v) is 4.27. The Hall–Kier alpha value is -1.52. The molecule has 2 rings (SSSR count). The molecule has 0 spiro atoms. The van der Waals surface area contributed by atoms with Gasteiger partial charge in [0.05, 0.1) is 5.52 Å². The maximum Gasteiger partial charge on any atom is 0.197 e. The summed E-state index contributed by atoms with van der Waals surface area (Å²) in [6.07, 6.45) is -1.66. The van der Waals surface area contributed by atoms with E-state index in [0.29, 0.717) is 5.52 Å². The first-order valence-electron chi connectivity index (χ1n) is 4.27. The Morgan fingerprint density at radius 1 is 1.21 bits per heavy atom. The Bertz CT molecular complexity index is 473. The lowest BCUT2D eigenvalue weighted by Gasteiger charge is -2.03. The molecule has 1 heterocycles. The summed E-state index contributed by atoms with van der Waals surface area (Å²) in [5.74, 6) is 0. The third-order valence-corrected chi connectivity index (χ3v) is 2.23. The lowest BCUT2D eigenvalue weighted by atomic mass is 10.2. The van der Waals surface area contributed by atoms with Gasteiger partial charge in [0.2, 0.25) is 0 Å². The third kappa shape index (κ3) is 1.25. The molecule has 0 fully saturated rings. The average Bonchev–Trinajstić information content (AvgIpc) is 2.44. The number of fused-ring (bicyclic) bond motifs is 1. The Kier molecular flexibility index (Phi) is 1.94. The highest BCUT2D eigenvalue weighted by atomic mass is 16.5.